The summed E-state index contributed by atoms with van der Waals surface area (Å²) in [5, 5.41) is 22.4. The quantitative estimate of drug-likeness (QED) is 0.627. The normalized spacial score (nSPS) is 10.5. The van der Waals surface area contributed by atoms with Crippen molar-refractivity contribution >= 4 is 38.8 Å². The molecule has 3 rings (SSSR count). The van der Waals surface area contributed by atoms with Gasteiger partial charge < -0.3 is 4.57 Å². The van der Waals surface area contributed by atoms with Gasteiger partial charge in [-0.3, -0.25) is 0 Å². The molecule has 0 saturated carbocycles. The maximum Gasteiger partial charge on any atom is 0.153 e. The predicted octanol–water partition coefficient (Wildman–Crippen LogP) is 2.90. The van der Waals surface area contributed by atoms with Crippen LogP contribution in [0.15, 0.2) is 30.3 Å². The number of rotatable bonds is 0. The lowest BCUT2D eigenvalue weighted by Crippen LogP contribution is -2.15. The van der Waals surface area contributed by atoms with E-state index in [0.29, 0.717) is 10.4 Å². The van der Waals surface area contributed by atoms with Crippen LogP contribution in [-0.4, -0.2) is 4.57 Å². The van der Waals surface area contributed by atoms with E-state index < -0.39 is 0 Å². The second-order valence-corrected chi connectivity index (χ2v) is 4.71. The number of nitrogens with zero attached hydrogens (tertiary/aromatic N) is 3. The van der Waals surface area contributed by atoms with E-state index in [1.54, 1.807) is 0 Å². The second kappa shape index (κ2) is 4.02. The van der Waals surface area contributed by atoms with Gasteiger partial charge in [-0.25, -0.2) is 0 Å². The summed E-state index contributed by atoms with van der Waals surface area (Å²) in [6.45, 7) is 0. The van der Waals surface area contributed by atoms with E-state index in [1.807, 2.05) is 54.1 Å². The van der Waals surface area contributed by atoms with Gasteiger partial charge in [-0.05, 0) is 12.1 Å². The van der Waals surface area contributed by atoms with Gasteiger partial charge in [0.05, 0.1) is 5.35 Å². The largest absolute Gasteiger partial charge is 0.342 e. The smallest absolute Gasteiger partial charge is 0.153 e. The lowest BCUT2D eigenvalue weighted by atomic mass is 10.1. The van der Waals surface area contributed by atoms with Gasteiger partial charge in [0.2, 0.25) is 0 Å². The molecular weight excluding hydrogens is 258 g/mol. The van der Waals surface area contributed by atoms with Gasteiger partial charge >= 0.3 is 0 Å². The van der Waals surface area contributed by atoms with Crippen LogP contribution >= 0.6 is 11.6 Å². The Labute approximate surface area is 114 Å². The van der Waals surface area contributed by atoms with Crippen molar-refractivity contribution in [2.45, 2.75) is 0 Å². The molecule has 0 aliphatic carbocycles. The van der Waals surface area contributed by atoms with Crippen LogP contribution in [0.1, 0.15) is 0 Å². The number of benzene rings is 2. The van der Waals surface area contributed by atoms with E-state index in [0.717, 1.165) is 21.7 Å². The molecule has 0 radical (unpaired) electrons. The second-order valence-electron chi connectivity index (χ2n) is 4.30. The highest BCUT2D eigenvalue weighted by molar-refractivity contribution is 6.37. The molecule has 0 unspecified atom stereocenters. The molecule has 3 aromatic rings. The Morgan fingerprint density at radius 3 is 2.47 bits per heavy atom. The SMILES string of the molecule is Cn1c(=C(C#N)C#N)c2cccc3c(Cl)ccc1c32. The highest BCUT2D eigenvalue weighted by atomic mass is 35.5. The van der Waals surface area contributed by atoms with Crippen molar-refractivity contribution in [3.63, 3.8) is 0 Å². The van der Waals surface area contributed by atoms with E-state index in [2.05, 4.69) is 0 Å². The summed E-state index contributed by atoms with van der Waals surface area (Å²) in [6.07, 6.45) is 0. The molecule has 4 heteroatoms. The van der Waals surface area contributed by atoms with Crippen molar-refractivity contribution in [3.05, 3.63) is 40.7 Å². The Morgan fingerprint density at radius 2 is 1.79 bits per heavy atom. The summed E-state index contributed by atoms with van der Waals surface area (Å²) < 4.78 is 1.87. The zero-order valence-corrected chi connectivity index (χ0v) is 10.9. The number of halogens is 1. The molecule has 0 N–H and O–H groups in total. The Hall–Kier alpha value is -2.49. The van der Waals surface area contributed by atoms with Crippen molar-refractivity contribution in [1.29, 1.82) is 10.5 Å². The first-order chi connectivity index (χ1) is 9.19. The summed E-state index contributed by atoms with van der Waals surface area (Å²) in [4.78, 5) is 0. The van der Waals surface area contributed by atoms with Crippen molar-refractivity contribution in [2.75, 3.05) is 0 Å². The molecule has 0 bridgehead atoms. The lowest BCUT2D eigenvalue weighted by Gasteiger charge is -2.00. The molecule has 0 aliphatic rings. The molecule has 3 nitrogen and oxygen atoms in total. The molecule has 1 aromatic heterocycles. The molecule has 0 amide bonds. The van der Waals surface area contributed by atoms with E-state index in [4.69, 9.17) is 22.1 Å². The fourth-order valence-corrected chi connectivity index (χ4v) is 2.78. The van der Waals surface area contributed by atoms with Crippen LogP contribution in [0.5, 0.6) is 0 Å². The maximum absolute atomic E-state index is 9.11. The Morgan fingerprint density at radius 1 is 1.11 bits per heavy atom. The Kier molecular flexibility index (Phi) is 2.45. The predicted molar refractivity (Wildman–Crippen MR) is 75.3 cm³/mol. The summed E-state index contributed by atoms with van der Waals surface area (Å²) in [6, 6.07) is 13.4. The van der Waals surface area contributed by atoms with Crippen molar-refractivity contribution in [1.82, 2.24) is 4.57 Å². The third-order valence-electron chi connectivity index (χ3n) is 3.38. The summed E-state index contributed by atoms with van der Waals surface area (Å²) in [5.41, 5.74) is 1.08. The average molecular weight is 266 g/mol. The van der Waals surface area contributed by atoms with Gasteiger partial charge in [-0.2, -0.15) is 10.5 Å². The zero-order valence-electron chi connectivity index (χ0n) is 10.1. The summed E-state index contributed by atoms with van der Waals surface area (Å²) in [5.74, 6) is 0. The molecule has 0 atom stereocenters. The van der Waals surface area contributed by atoms with Crippen LogP contribution in [0, 0.1) is 22.7 Å². The highest BCUT2D eigenvalue weighted by Gasteiger charge is 2.13. The summed E-state index contributed by atoms with van der Waals surface area (Å²) >= 11 is 6.21. The molecule has 1 heterocycles. The van der Waals surface area contributed by atoms with Crippen LogP contribution in [0.4, 0.5) is 0 Å². The van der Waals surface area contributed by atoms with Gasteiger partial charge in [0.15, 0.2) is 5.57 Å². The van der Waals surface area contributed by atoms with Crippen LogP contribution in [-0.2, 0) is 7.05 Å². The van der Waals surface area contributed by atoms with Crippen LogP contribution < -0.4 is 5.35 Å². The molecular formula is C15H8ClN3. The van der Waals surface area contributed by atoms with Gasteiger partial charge in [0.25, 0.3) is 0 Å². The minimum atomic E-state index is 0.113. The highest BCUT2D eigenvalue weighted by Crippen LogP contribution is 2.30. The van der Waals surface area contributed by atoms with Gasteiger partial charge in [-0.1, -0.05) is 29.8 Å². The minimum Gasteiger partial charge on any atom is -0.342 e. The number of aromatic nitrogens is 1. The molecule has 2 aromatic carbocycles. The number of hydrogen-bond donors (Lipinski definition) is 0. The summed E-state index contributed by atoms with van der Waals surface area (Å²) in [7, 11) is 1.85. The van der Waals surface area contributed by atoms with Crippen molar-refractivity contribution in [2.24, 2.45) is 7.05 Å². The van der Waals surface area contributed by atoms with Crippen LogP contribution in [0.2, 0.25) is 5.02 Å². The molecule has 19 heavy (non-hydrogen) atoms. The minimum absolute atomic E-state index is 0.113. The third-order valence-corrected chi connectivity index (χ3v) is 3.71. The topological polar surface area (TPSA) is 52.5 Å². The number of hydrogen-bond acceptors (Lipinski definition) is 2. The molecule has 90 valence electrons. The van der Waals surface area contributed by atoms with Gasteiger partial charge in [0.1, 0.15) is 12.1 Å². The van der Waals surface area contributed by atoms with Crippen molar-refractivity contribution in [3.8, 4) is 12.1 Å². The standard InChI is InChI=1S/C15H8ClN3/c1-19-13-6-5-12(16)10-3-2-4-11(14(10)13)15(19)9(7-17)8-18/h2-6H,1H3. The first-order valence-electron chi connectivity index (χ1n) is 5.69. The van der Waals surface area contributed by atoms with E-state index >= 15 is 0 Å². The monoisotopic (exact) mass is 265 g/mol. The molecule has 0 aliphatic heterocycles. The maximum atomic E-state index is 9.11. The first-order valence-corrected chi connectivity index (χ1v) is 6.06. The van der Waals surface area contributed by atoms with Gasteiger partial charge in [0, 0.05) is 33.7 Å². The number of aryl methyl sites for hydroxylation is 1. The lowest BCUT2D eigenvalue weighted by molar-refractivity contribution is 0.934. The van der Waals surface area contributed by atoms with E-state index in [9.17, 15) is 0 Å². The third kappa shape index (κ3) is 1.43. The Balaban J connectivity index is 2.78. The van der Waals surface area contributed by atoms with Crippen LogP contribution in [0.3, 0.4) is 0 Å². The number of nitriles is 2. The Bertz CT molecular complexity index is 935. The molecule has 0 saturated heterocycles. The fraction of sp³-hybridized carbons (Fsp3) is 0.0667. The fourth-order valence-electron chi connectivity index (χ4n) is 2.56. The molecule has 0 fully saturated rings. The van der Waals surface area contributed by atoms with Crippen molar-refractivity contribution < 1.29 is 0 Å². The molecule has 0 spiro atoms. The van der Waals surface area contributed by atoms with Crippen LogP contribution in [0.25, 0.3) is 27.2 Å². The first kappa shape index (κ1) is 11.6. The zero-order chi connectivity index (χ0) is 13.6. The van der Waals surface area contributed by atoms with Gasteiger partial charge in [-0.15, -0.1) is 0 Å². The van der Waals surface area contributed by atoms with E-state index in [-0.39, 0.29) is 5.57 Å². The van der Waals surface area contributed by atoms with E-state index in [1.165, 1.54) is 0 Å². The average Bonchev–Trinajstić information content (AvgIpc) is 2.71.